The van der Waals surface area contributed by atoms with Crippen molar-refractivity contribution in [1.29, 1.82) is 0 Å². The highest BCUT2D eigenvalue weighted by Crippen LogP contribution is 2.17. The van der Waals surface area contributed by atoms with Crippen LogP contribution >= 0.6 is 0 Å². The van der Waals surface area contributed by atoms with Gasteiger partial charge >= 0.3 is 5.97 Å². The molecular weight excluding hydrogens is 227 g/mol. The Morgan fingerprint density at radius 1 is 1.53 bits per heavy atom. The molecule has 0 aliphatic rings. The Morgan fingerprint density at radius 3 is 2.71 bits per heavy atom. The zero-order chi connectivity index (χ0) is 13.0. The van der Waals surface area contributed by atoms with Gasteiger partial charge in [-0.25, -0.2) is 9.18 Å². The van der Waals surface area contributed by atoms with Crippen LogP contribution in [0.4, 0.5) is 10.1 Å². The van der Waals surface area contributed by atoms with Gasteiger partial charge in [0.05, 0.1) is 17.3 Å². The zero-order valence-corrected chi connectivity index (χ0v) is 9.24. The summed E-state index contributed by atoms with van der Waals surface area (Å²) in [6, 6.07) is 2.38. The molecule has 0 bridgehead atoms. The lowest BCUT2D eigenvalue weighted by atomic mass is 10.1. The van der Waals surface area contributed by atoms with Crippen molar-refractivity contribution in [2.75, 3.05) is 5.32 Å². The first-order valence-corrected chi connectivity index (χ1v) is 5.05. The molecule has 0 aromatic heterocycles. The third kappa shape index (κ3) is 3.25. The molecular formula is C11H13FN2O3. The largest absolute Gasteiger partial charge is 0.478 e. The molecule has 0 heterocycles. The molecule has 17 heavy (non-hydrogen) atoms. The van der Waals surface area contributed by atoms with E-state index in [1.54, 1.807) is 6.92 Å². The lowest BCUT2D eigenvalue weighted by molar-refractivity contribution is -0.117. The number of rotatable bonds is 4. The number of benzene rings is 1. The average molecular weight is 240 g/mol. The molecule has 0 saturated carbocycles. The van der Waals surface area contributed by atoms with Gasteiger partial charge in [0.15, 0.2) is 0 Å². The number of nitrogens with two attached hydrogens (primary N) is 1. The Morgan fingerprint density at radius 2 is 2.18 bits per heavy atom. The molecule has 1 aromatic carbocycles. The Bertz CT molecular complexity index is 448. The predicted octanol–water partition coefficient (Wildman–Crippen LogP) is 1.20. The third-order valence-electron chi connectivity index (χ3n) is 2.25. The minimum absolute atomic E-state index is 0.0350. The molecule has 0 radical (unpaired) electrons. The fraction of sp³-hybridized carbons (Fsp3) is 0.273. The zero-order valence-electron chi connectivity index (χ0n) is 9.24. The van der Waals surface area contributed by atoms with Gasteiger partial charge in [-0.1, -0.05) is 6.92 Å². The maximum Gasteiger partial charge on any atom is 0.337 e. The number of carbonyl (C=O) groups excluding carboxylic acids is 1. The summed E-state index contributed by atoms with van der Waals surface area (Å²) in [6.07, 6.45) is 0.426. The first kappa shape index (κ1) is 13.1. The van der Waals surface area contributed by atoms with Gasteiger partial charge in [0.2, 0.25) is 5.91 Å². The van der Waals surface area contributed by atoms with Crippen LogP contribution in [0.1, 0.15) is 23.7 Å². The molecule has 1 atom stereocenters. The molecule has 92 valence electrons. The summed E-state index contributed by atoms with van der Waals surface area (Å²) in [7, 11) is 0. The molecule has 0 saturated heterocycles. The Kier molecular flexibility index (Phi) is 4.17. The molecule has 0 spiro atoms. The minimum atomic E-state index is -1.31. The van der Waals surface area contributed by atoms with Crippen molar-refractivity contribution in [1.82, 2.24) is 0 Å². The van der Waals surface area contributed by atoms with Gasteiger partial charge in [-0.2, -0.15) is 0 Å². The van der Waals surface area contributed by atoms with Crippen molar-refractivity contribution in [3.8, 4) is 0 Å². The number of amides is 1. The highest BCUT2D eigenvalue weighted by atomic mass is 19.1. The lowest BCUT2D eigenvalue weighted by Gasteiger charge is -2.12. The highest BCUT2D eigenvalue weighted by Gasteiger charge is 2.16. The summed E-state index contributed by atoms with van der Waals surface area (Å²) in [6.45, 7) is 1.73. The van der Waals surface area contributed by atoms with Crippen LogP contribution in [-0.4, -0.2) is 23.0 Å². The maximum atomic E-state index is 12.9. The van der Waals surface area contributed by atoms with Crippen LogP contribution in [0.2, 0.25) is 0 Å². The number of aromatic carboxylic acids is 1. The number of carboxylic acid groups (broad SMARTS) is 1. The summed E-state index contributed by atoms with van der Waals surface area (Å²) >= 11 is 0. The van der Waals surface area contributed by atoms with Crippen LogP contribution in [0.15, 0.2) is 18.2 Å². The van der Waals surface area contributed by atoms with Crippen molar-refractivity contribution in [3.63, 3.8) is 0 Å². The van der Waals surface area contributed by atoms with Crippen LogP contribution in [0.25, 0.3) is 0 Å². The van der Waals surface area contributed by atoms with E-state index in [-0.39, 0.29) is 11.3 Å². The van der Waals surface area contributed by atoms with Crippen LogP contribution in [-0.2, 0) is 4.79 Å². The minimum Gasteiger partial charge on any atom is -0.478 e. The molecule has 6 heteroatoms. The smallest absolute Gasteiger partial charge is 0.337 e. The number of anilines is 1. The van der Waals surface area contributed by atoms with E-state index in [2.05, 4.69) is 5.32 Å². The number of nitrogens with one attached hydrogen (secondary N) is 1. The second-order valence-electron chi connectivity index (χ2n) is 3.50. The number of carboxylic acids is 1. The number of halogens is 1. The van der Waals surface area contributed by atoms with Crippen molar-refractivity contribution in [2.24, 2.45) is 5.73 Å². The second kappa shape index (κ2) is 5.40. The van der Waals surface area contributed by atoms with Crippen molar-refractivity contribution < 1.29 is 19.1 Å². The molecule has 1 aromatic rings. The van der Waals surface area contributed by atoms with Crippen LogP contribution in [0.5, 0.6) is 0 Å². The van der Waals surface area contributed by atoms with Gasteiger partial charge in [0.25, 0.3) is 0 Å². The second-order valence-corrected chi connectivity index (χ2v) is 3.50. The molecule has 0 fully saturated rings. The summed E-state index contributed by atoms with van der Waals surface area (Å²) < 4.78 is 12.9. The SMILES string of the molecule is CC[C@@H](N)C(=O)Nc1ccc(F)cc1C(=O)O. The third-order valence-corrected chi connectivity index (χ3v) is 2.25. The molecule has 0 aliphatic heterocycles. The molecule has 5 nitrogen and oxygen atoms in total. The quantitative estimate of drug-likeness (QED) is 0.737. The topological polar surface area (TPSA) is 92.4 Å². The van der Waals surface area contributed by atoms with E-state index in [0.29, 0.717) is 6.42 Å². The lowest BCUT2D eigenvalue weighted by Crippen LogP contribution is -2.35. The van der Waals surface area contributed by atoms with Gasteiger partial charge in [-0.3, -0.25) is 4.79 Å². The Hall–Kier alpha value is -1.95. The Balaban J connectivity index is 2.98. The van der Waals surface area contributed by atoms with E-state index in [1.807, 2.05) is 0 Å². The van der Waals surface area contributed by atoms with Gasteiger partial charge in [-0.05, 0) is 24.6 Å². The molecule has 1 rings (SSSR count). The van der Waals surface area contributed by atoms with E-state index in [4.69, 9.17) is 10.8 Å². The first-order chi connectivity index (χ1) is 7.95. The standard InChI is InChI=1S/C11H13FN2O3/c1-2-8(13)10(15)14-9-4-3-6(12)5-7(9)11(16)17/h3-5,8H,2,13H2,1H3,(H,14,15)(H,16,17)/t8-/m1/s1. The Labute approximate surface area is 97.4 Å². The summed E-state index contributed by atoms with van der Waals surface area (Å²) in [5.74, 6) is -2.49. The molecule has 4 N–H and O–H groups in total. The van der Waals surface area contributed by atoms with Crippen LogP contribution < -0.4 is 11.1 Å². The van der Waals surface area contributed by atoms with Gasteiger partial charge in [0.1, 0.15) is 5.82 Å². The fourth-order valence-electron chi connectivity index (χ4n) is 1.21. The van der Waals surface area contributed by atoms with E-state index >= 15 is 0 Å². The number of hydrogen-bond acceptors (Lipinski definition) is 3. The number of carbonyl (C=O) groups is 2. The van der Waals surface area contributed by atoms with Gasteiger partial charge in [0, 0.05) is 0 Å². The van der Waals surface area contributed by atoms with Crippen molar-refractivity contribution in [3.05, 3.63) is 29.6 Å². The van der Waals surface area contributed by atoms with Gasteiger partial charge in [-0.15, -0.1) is 0 Å². The first-order valence-electron chi connectivity index (χ1n) is 5.05. The van der Waals surface area contributed by atoms with Gasteiger partial charge < -0.3 is 16.2 Å². The van der Waals surface area contributed by atoms with Crippen LogP contribution in [0, 0.1) is 5.82 Å². The summed E-state index contributed by atoms with van der Waals surface area (Å²) in [5.41, 5.74) is 5.22. The van der Waals surface area contributed by atoms with Crippen molar-refractivity contribution >= 4 is 17.6 Å². The van der Waals surface area contributed by atoms with Crippen molar-refractivity contribution in [2.45, 2.75) is 19.4 Å². The summed E-state index contributed by atoms with van der Waals surface area (Å²) in [4.78, 5) is 22.3. The van der Waals surface area contributed by atoms with E-state index in [9.17, 15) is 14.0 Å². The van der Waals surface area contributed by atoms with E-state index in [0.717, 1.165) is 12.1 Å². The number of hydrogen-bond donors (Lipinski definition) is 3. The highest BCUT2D eigenvalue weighted by molar-refractivity contribution is 6.02. The average Bonchev–Trinajstić information content (AvgIpc) is 2.29. The molecule has 0 aliphatic carbocycles. The normalized spacial score (nSPS) is 11.9. The summed E-state index contributed by atoms with van der Waals surface area (Å²) in [5, 5.41) is 11.2. The predicted molar refractivity (Wildman–Crippen MR) is 60.3 cm³/mol. The molecule has 0 unspecified atom stereocenters. The van der Waals surface area contributed by atoms with E-state index < -0.39 is 23.7 Å². The maximum absolute atomic E-state index is 12.9. The van der Waals surface area contributed by atoms with Crippen LogP contribution in [0.3, 0.4) is 0 Å². The monoisotopic (exact) mass is 240 g/mol. The van der Waals surface area contributed by atoms with E-state index in [1.165, 1.54) is 6.07 Å². The molecule has 1 amide bonds. The fourth-order valence-corrected chi connectivity index (χ4v) is 1.21.